The quantitative estimate of drug-likeness (QED) is 0.881. The van der Waals surface area contributed by atoms with Crippen molar-refractivity contribution in [1.29, 1.82) is 0 Å². The first-order valence-electron chi connectivity index (χ1n) is 5.82. The summed E-state index contributed by atoms with van der Waals surface area (Å²) in [4.78, 5) is 0. The second-order valence-electron chi connectivity index (χ2n) is 4.32. The Labute approximate surface area is 100 Å². The van der Waals surface area contributed by atoms with Crippen LogP contribution in [0.3, 0.4) is 0 Å². The topological polar surface area (TPSA) is 12.0 Å². The molecule has 0 aromatic heterocycles. The van der Waals surface area contributed by atoms with Gasteiger partial charge in [0.15, 0.2) is 0 Å². The first-order chi connectivity index (χ1) is 7.34. The lowest BCUT2D eigenvalue weighted by Gasteiger charge is -2.11. The molecule has 1 N–H and O–H groups in total. The summed E-state index contributed by atoms with van der Waals surface area (Å²) in [6, 6.07) is 9.37. The minimum Gasteiger partial charge on any atom is -0.314 e. The van der Waals surface area contributed by atoms with Crippen molar-refractivity contribution in [2.75, 3.05) is 6.54 Å². The number of nitrogens with one attached hydrogen (secondary N) is 1. The molecule has 1 aliphatic carbocycles. The van der Waals surface area contributed by atoms with E-state index in [0.717, 1.165) is 19.0 Å². The van der Waals surface area contributed by atoms with Crippen molar-refractivity contribution in [2.45, 2.75) is 38.1 Å². The maximum Gasteiger partial charge on any atom is 0.0178 e. The van der Waals surface area contributed by atoms with Crippen LogP contribution in [0.5, 0.6) is 0 Å². The predicted molar refractivity (Wildman–Crippen MR) is 68.1 cm³/mol. The van der Waals surface area contributed by atoms with Gasteiger partial charge in [-0.15, -0.1) is 0 Å². The SMILES string of the molecule is Brc1cccc(CCNC2CCCC2)c1. The van der Waals surface area contributed by atoms with Crippen molar-refractivity contribution in [2.24, 2.45) is 0 Å². The molecule has 2 heteroatoms. The van der Waals surface area contributed by atoms with Gasteiger partial charge in [0.05, 0.1) is 0 Å². The highest BCUT2D eigenvalue weighted by atomic mass is 79.9. The summed E-state index contributed by atoms with van der Waals surface area (Å²) in [6.07, 6.45) is 6.70. The van der Waals surface area contributed by atoms with Crippen molar-refractivity contribution in [3.63, 3.8) is 0 Å². The van der Waals surface area contributed by atoms with Crippen LogP contribution in [0.4, 0.5) is 0 Å². The summed E-state index contributed by atoms with van der Waals surface area (Å²) in [5.41, 5.74) is 1.41. The first-order valence-corrected chi connectivity index (χ1v) is 6.62. The van der Waals surface area contributed by atoms with Gasteiger partial charge >= 0.3 is 0 Å². The van der Waals surface area contributed by atoms with Crippen molar-refractivity contribution in [1.82, 2.24) is 5.32 Å². The third-order valence-corrected chi connectivity index (χ3v) is 3.58. The lowest BCUT2D eigenvalue weighted by molar-refractivity contribution is 0.528. The Morgan fingerprint density at radius 3 is 2.80 bits per heavy atom. The molecule has 0 spiro atoms. The van der Waals surface area contributed by atoms with Gasteiger partial charge < -0.3 is 5.32 Å². The minimum absolute atomic E-state index is 0.789. The zero-order chi connectivity index (χ0) is 10.5. The van der Waals surface area contributed by atoms with Gasteiger partial charge in [0, 0.05) is 10.5 Å². The molecule has 1 aromatic carbocycles. The van der Waals surface area contributed by atoms with Crippen LogP contribution in [-0.4, -0.2) is 12.6 Å². The largest absolute Gasteiger partial charge is 0.314 e. The van der Waals surface area contributed by atoms with Gasteiger partial charge in [-0.3, -0.25) is 0 Å². The van der Waals surface area contributed by atoms with Gasteiger partial charge in [-0.1, -0.05) is 40.9 Å². The van der Waals surface area contributed by atoms with E-state index in [1.165, 1.54) is 35.7 Å². The Balaban J connectivity index is 1.73. The molecule has 1 aliphatic rings. The van der Waals surface area contributed by atoms with E-state index < -0.39 is 0 Å². The molecule has 0 radical (unpaired) electrons. The second-order valence-corrected chi connectivity index (χ2v) is 5.23. The molecule has 1 aromatic rings. The number of benzene rings is 1. The van der Waals surface area contributed by atoms with Crippen LogP contribution in [0, 0.1) is 0 Å². The smallest absolute Gasteiger partial charge is 0.0178 e. The second kappa shape index (κ2) is 5.66. The van der Waals surface area contributed by atoms with Crippen molar-refractivity contribution < 1.29 is 0 Å². The number of hydrogen-bond acceptors (Lipinski definition) is 1. The Hall–Kier alpha value is -0.340. The maximum atomic E-state index is 3.63. The van der Waals surface area contributed by atoms with Crippen LogP contribution in [0.2, 0.25) is 0 Å². The Kier molecular flexibility index (Phi) is 4.21. The van der Waals surface area contributed by atoms with Crippen LogP contribution >= 0.6 is 15.9 Å². The van der Waals surface area contributed by atoms with E-state index in [1.807, 2.05) is 0 Å². The van der Waals surface area contributed by atoms with E-state index in [-0.39, 0.29) is 0 Å². The molecule has 15 heavy (non-hydrogen) atoms. The van der Waals surface area contributed by atoms with E-state index >= 15 is 0 Å². The molecule has 0 bridgehead atoms. The molecule has 0 amide bonds. The molecule has 1 saturated carbocycles. The molecule has 0 aliphatic heterocycles. The van der Waals surface area contributed by atoms with Gasteiger partial charge in [-0.25, -0.2) is 0 Å². The van der Waals surface area contributed by atoms with E-state index in [9.17, 15) is 0 Å². The van der Waals surface area contributed by atoms with Crippen molar-refractivity contribution >= 4 is 15.9 Å². The van der Waals surface area contributed by atoms with Gasteiger partial charge in [0.1, 0.15) is 0 Å². The highest BCUT2D eigenvalue weighted by Crippen LogP contribution is 2.17. The average molecular weight is 268 g/mol. The number of rotatable bonds is 4. The molecular weight excluding hydrogens is 250 g/mol. The normalized spacial score (nSPS) is 17.1. The predicted octanol–water partition coefficient (Wildman–Crippen LogP) is 3.52. The van der Waals surface area contributed by atoms with Crippen LogP contribution in [-0.2, 0) is 6.42 Å². The molecule has 82 valence electrons. The molecular formula is C13H18BrN. The van der Waals surface area contributed by atoms with Gasteiger partial charge in [0.25, 0.3) is 0 Å². The van der Waals surface area contributed by atoms with E-state index in [1.54, 1.807) is 0 Å². The average Bonchev–Trinajstić information content (AvgIpc) is 2.71. The fourth-order valence-electron chi connectivity index (χ4n) is 2.24. The third-order valence-electron chi connectivity index (χ3n) is 3.09. The van der Waals surface area contributed by atoms with Crippen LogP contribution in [0.25, 0.3) is 0 Å². The Morgan fingerprint density at radius 1 is 1.27 bits per heavy atom. The lowest BCUT2D eigenvalue weighted by Crippen LogP contribution is -2.27. The minimum atomic E-state index is 0.789. The molecule has 1 nitrogen and oxygen atoms in total. The molecule has 0 atom stereocenters. The van der Waals surface area contributed by atoms with E-state index in [2.05, 4.69) is 45.5 Å². The summed E-state index contributed by atoms with van der Waals surface area (Å²) in [6.45, 7) is 1.11. The monoisotopic (exact) mass is 267 g/mol. The van der Waals surface area contributed by atoms with Crippen molar-refractivity contribution in [3.8, 4) is 0 Å². The Bertz CT molecular complexity index is 305. The zero-order valence-electron chi connectivity index (χ0n) is 9.01. The maximum absolute atomic E-state index is 3.63. The molecule has 1 fully saturated rings. The van der Waals surface area contributed by atoms with E-state index in [0.29, 0.717) is 0 Å². The zero-order valence-corrected chi connectivity index (χ0v) is 10.6. The summed E-state index contributed by atoms with van der Waals surface area (Å²) in [7, 11) is 0. The summed E-state index contributed by atoms with van der Waals surface area (Å²) < 4.78 is 1.18. The summed E-state index contributed by atoms with van der Waals surface area (Å²) in [5.74, 6) is 0. The fourth-order valence-corrected chi connectivity index (χ4v) is 2.69. The van der Waals surface area contributed by atoms with Gasteiger partial charge in [-0.05, 0) is 43.5 Å². The number of hydrogen-bond donors (Lipinski definition) is 1. The lowest BCUT2D eigenvalue weighted by atomic mass is 10.1. The summed E-state index contributed by atoms with van der Waals surface area (Å²) in [5, 5.41) is 3.63. The number of halogens is 1. The van der Waals surface area contributed by atoms with Gasteiger partial charge in [0.2, 0.25) is 0 Å². The van der Waals surface area contributed by atoms with Gasteiger partial charge in [-0.2, -0.15) is 0 Å². The Morgan fingerprint density at radius 2 is 2.07 bits per heavy atom. The van der Waals surface area contributed by atoms with Crippen LogP contribution in [0.15, 0.2) is 28.7 Å². The first kappa shape index (κ1) is 11.2. The summed E-state index contributed by atoms with van der Waals surface area (Å²) >= 11 is 3.50. The molecule has 0 saturated heterocycles. The highest BCUT2D eigenvalue weighted by molar-refractivity contribution is 9.10. The van der Waals surface area contributed by atoms with Crippen LogP contribution < -0.4 is 5.32 Å². The molecule has 0 unspecified atom stereocenters. The molecule has 0 heterocycles. The third kappa shape index (κ3) is 3.62. The van der Waals surface area contributed by atoms with Crippen LogP contribution in [0.1, 0.15) is 31.2 Å². The fraction of sp³-hybridized carbons (Fsp3) is 0.538. The molecule has 2 rings (SSSR count). The standard InChI is InChI=1S/C13H18BrN/c14-12-5-3-4-11(10-12)8-9-15-13-6-1-2-7-13/h3-5,10,13,15H,1-2,6-9H2. The van der Waals surface area contributed by atoms with E-state index in [4.69, 9.17) is 0 Å². The van der Waals surface area contributed by atoms with Crippen molar-refractivity contribution in [3.05, 3.63) is 34.3 Å². The highest BCUT2D eigenvalue weighted by Gasteiger charge is 2.13.